The number of unbranched alkanes of at least 4 members (excludes halogenated alkanes) is 1. The number of aromatic nitrogens is 2. The third kappa shape index (κ3) is 3.34. The van der Waals surface area contributed by atoms with Crippen LogP contribution in [0.1, 0.15) is 24.0 Å². The summed E-state index contributed by atoms with van der Waals surface area (Å²) < 4.78 is 1.94. The van der Waals surface area contributed by atoms with Gasteiger partial charge in [-0.05, 0) is 31.7 Å². The minimum absolute atomic E-state index is 0.646. The lowest BCUT2D eigenvalue weighted by Crippen LogP contribution is -2.00. The normalized spacial score (nSPS) is 10.6. The Morgan fingerprint density at radius 3 is 2.59 bits per heavy atom. The second-order valence-electron chi connectivity index (χ2n) is 4.40. The molecule has 0 atom stereocenters. The van der Waals surface area contributed by atoms with E-state index >= 15 is 0 Å². The fourth-order valence-corrected chi connectivity index (χ4v) is 1.90. The Bertz CT molecular complexity index is 440. The molecule has 2 rings (SSSR count). The molecule has 0 bridgehead atoms. The van der Waals surface area contributed by atoms with Crippen molar-refractivity contribution in [3.8, 4) is 0 Å². The lowest BCUT2D eigenvalue weighted by atomic mass is 10.1. The van der Waals surface area contributed by atoms with Crippen LogP contribution in [-0.4, -0.2) is 9.78 Å². The summed E-state index contributed by atoms with van der Waals surface area (Å²) in [7, 11) is 0. The van der Waals surface area contributed by atoms with Crippen LogP contribution >= 0.6 is 0 Å². The Labute approximate surface area is 102 Å². The lowest BCUT2D eigenvalue weighted by Gasteiger charge is -2.02. The molecule has 90 valence electrons. The maximum absolute atomic E-state index is 5.70. The topological polar surface area (TPSA) is 43.8 Å². The maximum atomic E-state index is 5.70. The Morgan fingerprint density at radius 1 is 1.18 bits per heavy atom. The summed E-state index contributed by atoms with van der Waals surface area (Å²) >= 11 is 0. The Kier molecular flexibility index (Phi) is 3.81. The van der Waals surface area contributed by atoms with Gasteiger partial charge in [-0.25, -0.2) is 0 Å². The first-order valence-corrected chi connectivity index (χ1v) is 6.09. The van der Waals surface area contributed by atoms with Crippen molar-refractivity contribution in [2.75, 3.05) is 5.73 Å². The molecule has 1 aromatic heterocycles. The highest BCUT2D eigenvalue weighted by atomic mass is 15.3. The van der Waals surface area contributed by atoms with Crippen LogP contribution in [0.3, 0.4) is 0 Å². The van der Waals surface area contributed by atoms with Crippen LogP contribution in [0.25, 0.3) is 0 Å². The smallest absolute Gasteiger partial charge is 0.148 e. The Balaban J connectivity index is 1.73. The van der Waals surface area contributed by atoms with Gasteiger partial charge >= 0.3 is 0 Å². The molecule has 0 unspecified atom stereocenters. The van der Waals surface area contributed by atoms with Crippen LogP contribution in [-0.2, 0) is 13.0 Å². The van der Waals surface area contributed by atoms with Gasteiger partial charge in [0.2, 0.25) is 0 Å². The molecule has 0 aliphatic heterocycles. The molecule has 0 radical (unpaired) electrons. The van der Waals surface area contributed by atoms with Crippen molar-refractivity contribution >= 4 is 5.82 Å². The summed E-state index contributed by atoms with van der Waals surface area (Å²) in [6, 6.07) is 10.6. The van der Waals surface area contributed by atoms with Gasteiger partial charge in [0.25, 0.3) is 0 Å². The molecule has 0 fully saturated rings. The van der Waals surface area contributed by atoms with E-state index in [1.165, 1.54) is 12.0 Å². The van der Waals surface area contributed by atoms with E-state index in [9.17, 15) is 0 Å². The number of rotatable bonds is 5. The van der Waals surface area contributed by atoms with Crippen molar-refractivity contribution in [1.82, 2.24) is 9.78 Å². The van der Waals surface area contributed by atoms with Crippen molar-refractivity contribution in [2.24, 2.45) is 0 Å². The largest absolute Gasteiger partial charge is 0.382 e. The fourth-order valence-electron chi connectivity index (χ4n) is 1.90. The highest BCUT2D eigenvalue weighted by Gasteiger charge is 2.00. The quantitative estimate of drug-likeness (QED) is 0.801. The SMILES string of the molecule is Cc1cn(CCCCc2ccccc2)nc1N. The monoisotopic (exact) mass is 229 g/mol. The Morgan fingerprint density at radius 2 is 1.94 bits per heavy atom. The molecule has 0 saturated heterocycles. The zero-order chi connectivity index (χ0) is 12.1. The highest BCUT2D eigenvalue weighted by molar-refractivity contribution is 5.35. The zero-order valence-corrected chi connectivity index (χ0v) is 10.3. The van der Waals surface area contributed by atoms with Gasteiger partial charge in [0.15, 0.2) is 0 Å². The van der Waals surface area contributed by atoms with Gasteiger partial charge in [0.1, 0.15) is 5.82 Å². The molecular formula is C14H19N3. The predicted octanol–water partition coefficient (Wildman–Crippen LogP) is 2.80. The van der Waals surface area contributed by atoms with E-state index in [-0.39, 0.29) is 0 Å². The summed E-state index contributed by atoms with van der Waals surface area (Å²) in [4.78, 5) is 0. The molecule has 0 aliphatic carbocycles. The van der Waals surface area contributed by atoms with Crippen molar-refractivity contribution in [3.05, 3.63) is 47.7 Å². The molecule has 0 saturated carbocycles. The minimum atomic E-state index is 0.646. The second kappa shape index (κ2) is 5.53. The molecule has 3 heteroatoms. The standard InChI is InChI=1S/C14H19N3/c1-12-11-17(16-14(12)15)10-6-5-9-13-7-3-2-4-8-13/h2-4,7-8,11H,5-6,9-10H2,1H3,(H2,15,16). The van der Waals surface area contributed by atoms with E-state index in [0.717, 1.165) is 24.9 Å². The van der Waals surface area contributed by atoms with E-state index in [1.807, 2.05) is 17.8 Å². The number of anilines is 1. The number of hydrogen-bond acceptors (Lipinski definition) is 2. The van der Waals surface area contributed by atoms with Gasteiger partial charge in [-0.15, -0.1) is 0 Å². The van der Waals surface area contributed by atoms with E-state index in [0.29, 0.717) is 5.82 Å². The number of nitrogens with two attached hydrogens (primary N) is 1. The summed E-state index contributed by atoms with van der Waals surface area (Å²) in [6.07, 6.45) is 5.46. The van der Waals surface area contributed by atoms with E-state index in [2.05, 4.69) is 35.4 Å². The molecule has 1 heterocycles. The lowest BCUT2D eigenvalue weighted by molar-refractivity contribution is 0.559. The summed E-state index contributed by atoms with van der Waals surface area (Å²) in [6.45, 7) is 2.94. The average molecular weight is 229 g/mol. The third-order valence-electron chi connectivity index (χ3n) is 2.93. The van der Waals surface area contributed by atoms with Gasteiger partial charge in [-0.1, -0.05) is 30.3 Å². The number of benzene rings is 1. The molecule has 0 spiro atoms. The molecule has 1 aromatic carbocycles. The van der Waals surface area contributed by atoms with Crippen molar-refractivity contribution in [3.63, 3.8) is 0 Å². The third-order valence-corrected chi connectivity index (χ3v) is 2.93. The van der Waals surface area contributed by atoms with Crippen LogP contribution in [0.5, 0.6) is 0 Å². The molecule has 17 heavy (non-hydrogen) atoms. The summed E-state index contributed by atoms with van der Waals surface area (Å²) in [5, 5.41) is 4.25. The van der Waals surface area contributed by atoms with Crippen molar-refractivity contribution in [1.29, 1.82) is 0 Å². The number of nitrogen functional groups attached to an aromatic ring is 1. The molecule has 0 aliphatic rings. The molecule has 2 aromatic rings. The predicted molar refractivity (Wildman–Crippen MR) is 70.8 cm³/mol. The number of nitrogens with zero attached hydrogens (tertiary/aromatic N) is 2. The summed E-state index contributed by atoms with van der Waals surface area (Å²) in [5.74, 6) is 0.646. The first-order valence-electron chi connectivity index (χ1n) is 6.09. The van der Waals surface area contributed by atoms with Gasteiger partial charge in [-0.3, -0.25) is 4.68 Å². The maximum Gasteiger partial charge on any atom is 0.148 e. The zero-order valence-electron chi connectivity index (χ0n) is 10.3. The van der Waals surface area contributed by atoms with E-state index < -0.39 is 0 Å². The van der Waals surface area contributed by atoms with Crippen LogP contribution < -0.4 is 5.73 Å². The molecule has 0 amide bonds. The fraction of sp³-hybridized carbons (Fsp3) is 0.357. The minimum Gasteiger partial charge on any atom is -0.382 e. The number of aryl methyl sites for hydroxylation is 3. The van der Waals surface area contributed by atoms with E-state index in [4.69, 9.17) is 5.73 Å². The van der Waals surface area contributed by atoms with Crippen LogP contribution in [0.15, 0.2) is 36.5 Å². The first kappa shape index (κ1) is 11.7. The number of hydrogen-bond donors (Lipinski definition) is 1. The molecular weight excluding hydrogens is 210 g/mol. The van der Waals surface area contributed by atoms with Crippen LogP contribution in [0.2, 0.25) is 0 Å². The van der Waals surface area contributed by atoms with Gasteiger partial charge in [0.05, 0.1) is 0 Å². The first-order chi connectivity index (χ1) is 8.25. The Hall–Kier alpha value is -1.77. The molecule has 2 N–H and O–H groups in total. The summed E-state index contributed by atoms with van der Waals surface area (Å²) in [5.41, 5.74) is 8.17. The second-order valence-corrected chi connectivity index (χ2v) is 4.40. The van der Waals surface area contributed by atoms with E-state index in [1.54, 1.807) is 0 Å². The molecule has 3 nitrogen and oxygen atoms in total. The highest BCUT2D eigenvalue weighted by Crippen LogP contribution is 2.09. The van der Waals surface area contributed by atoms with Gasteiger partial charge in [-0.2, -0.15) is 5.10 Å². The van der Waals surface area contributed by atoms with Crippen LogP contribution in [0, 0.1) is 6.92 Å². The average Bonchev–Trinajstić information content (AvgIpc) is 2.66. The van der Waals surface area contributed by atoms with Gasteiger partial charge in [0, 0.05) is 18.3 Å². The van der Waals surface area contributed by atoms with Crippen molar-refractivity contribution in [2.45, 2.75) is 32.7 Å². The van der Waals surface area contributed by atoms with Gasteiger partial charge < -0.3 is 5.73 Å². The van der Waals surface area contributed by atoms with Crippen molar-refractivity contribution < 1.29 is 0 Å². The van der Waals surface area contributed by atoms with Crippen LogP contribution in [0.4, 0.5) is 5.82 Å².